The van der Waals surface area contributed by atoms with E-state index >= 15 is 0 Å². The molecule has 0 aliphatic rings. The second kappa shape index (κ2) is 8.57. The summed E-state index contributed by atoms with van der Waals surface area (Å²) in [7, 11) is 0. The Labute approximate surface area is 154 Å². The third kappa shape index (κ3) is 5.13. The lowest BCUT2D eigenvalue weighted by Crippen LogP contribution is -2.24. The smallest absolute Gasteiger partial charge is 0.326 e. The monoisotopic (exact) mass is 376 g/mol. The van der Waals surface area contributed by atoms with E-state index in [1.807, 2.05) is 6.92 Å². The van der Waals surface area contributed by atoms with Crippen molar-refractivity contribution in [2.75, 3.05) is 6.61 Å². The molecule has 138 valence electrons. The fourth-order valence-corrected chi connectivity index (χ4v) is 3.08. The molecule has 26 heavy (non-hydrogen) atoms. The highest BCUT2D eigenvalue weighted by Gasteiger charge is 2.14. The number of esters is 1. The zero-order valence-electron chi connectivity index (χ0n) is 14.8. The Morgan fingerprint density at radius 1 is 1.23 bits per heavy atom. The molecule has 1 atom stereocenters. The molecular formula is C18H20N2O5S. The number of nitrogens with zero attached hydrogens (tertiary/aromatic N) is 1. The average Bonchev–Trinajstić information content (AvgIpc) is 2.91. The molecule has 1 aromatic carbocycles. The summed E-state index contributed by atoms with van der Waals surface area (Å²) in [4.78, 5) is 46.4. The lowest BCUT2D eigenvalue weighted by molar-refractivity contribution is -0.143. The normalized spacial score (nSPS) is 11.7. The predicted molar refractivity (Wildman–Crippen MR) is 97.3 cm³/mol. The number of nitrogens with one attached hydrogen (secondary N) is 1. The van der Waals surface area contributed by atoms with E-state index in [9.17, 15) is 19.2 Å². The Morgan fingerprint density at radius 3 is 2.42 bits per heavy atom. The first-order valence-corrected chi connectivity index (χ1v) is 8.86. The standard InChI is InChI=1S/C18H20N2O5S/c1-11-10-26-18(24)20(11)8-17(23)25-9-16(22)15-6-4-14(5-7-15)12(2)19-13(3)21/h4-7,10,12H,8-9H2,1-3H3,(H,19,21)/t12-/m1/s1. The SMILES string of the molecule is CC(=O)N[C@H](C)c1ccc(C(=O)COC(=O)Cn2c(C)csc2=O)cc1. The minimum atomic E-state index is -0.641. The number of amides is 1. The molecule has 1 amide bonds. The van der Waals surface area contributed by atoms with Crippen LogP contribution in [0.1, 0.15) is 41.5 Å². The Morgan fingerprint density at radius 2 is 1.88 bits per heavy atom. The van der Waals surface area contributed by atoms with E-state index in [2.05, 4.69) is 5.32 Å². The van der Waals surface area contributed by atoms with Crippen LogP contribution in [-0.4, -0.2) is 28.8 Å². The van der Waals surface area contributed by atoms with Crippen LogP contribution >= 0.6 is 11.3 Å². The van der Waals surface area contributed by atoms with Crippen molar-refractivity contribution in [3.05, 3.63) is 56.1 Å². The summed E-state index contributed by atoms with van der Waals surface area (Å²) in [6, 6.07) is 6.56. The summed E-state index contributed by atoms with van der Waals surface area (Å²) in [5, 5.41) is 4.41. The number of rotatable bonds is 7. The maximum atomic E-state index is 12.1. The van der Waals surface area contributed by atoms with Crippen LogP contribution in [0.3, 0.4) is 0 Å². The number of aryl methyl sites for hydroxylation is 1. The predicted octanol–water partition coefficient (Wildman–Crippen LogP) is 1.84. The van der Waals surface area contributed by atoms with Gasteiger partial charge in [0, 0.05) is 23.6 Å². The maximum absolute atomic E-state index is 12.1. The second-order valence-corrected chi connectivity index (χ2v) is 6.68. The van der Waals surface area contributed by atoms with Gasteiger partial charge in [-0.3, -0.25) is 23.7 Å². The lowest BCUT2D eigenvalue weighted by atomic mass is 10.0. The zero-order valence-corrected chi connectivity index (χ0v) is 15.6. The number of carbonyl (C=O) groups is 3. The van der Waals surface area contributed by atoms with Crippen LogP contribution in [0.4, 0.5) is 0 Å². The summed E-state index contributed by atoms with van der Waals surface area (Å²) < 4.78 is 6.27. The average molecular weight is 376 g/mol. The van der Waals surface area contributed by atoms with E-state index in [4.69, 9.17) is 4.74 Å². The van der Waals surface area contributed by atoms with Crippen molar-refractivity contribution in [3.63, 3.8) is 0 Å². The maximum Gasteiger partial charge on any atom is 0.326 e. The molecule has 8 heteroatoms. The summed E-state index contributed by atoms with van der Waals surface area (Å²) in [5.41, 5.74) is 1.94. The van der Waals surface area contributed by atoms with Gasteiger partial charge in [-0.15, -0.1) is 0 Å². The molecule has 2 aromatic rings. The van der Waals surface area contributed by atoms with E-state index in [-0.39, 0.29) is 29.1 Å². The van der Waals surface area contributed by atoms with Crippen LogP contribution in [0.25, 0.3) is 0 Å². The van der Waals surface area contributed by atoms with Gasteiger partial charge in [0.25, 0.3) is 0 Å². The van der Waals surface area contributed by atoms with E-state index in [0.717, 1.165) is 16.9 Å². The van der Waals surface area contributed by atoms with Crippen LogP contribution in [-0.2, 0) is 20.9 Å². The van der Waals surface area contributed by atoms with Gasteiger partial charge in [-0.05, 0) is 19.4 Å². The number of Topliss-reactive ketones (excluding diaryl/α,β-unsaturated/α-hetero) is 1. The first-order valence-electron chi connectivity index (χ1n) is 7.98. The number of hydrogen-bond donors (Lipinski definition) is 1. The molecule has 1 aromatic heterocycles. The van der Waals surface area contributed by atoms with Gasteiger partial charge in [0.1, 0.15) is 6.54 Å². The van der Waals surface area contributed by atoms with Crippen molar-refractivity contribution in [2.45, 2.75) is 33.4 Å². The van der Waals surface area contributed by atoms with Crippen molar-refractivity contribution in [1.29, 1.82) is 0 Å². The van der Waals surface area contributed by atoms with Crippen LogP contribution in [0, 0.1) is 6.92 Å². The number of aromatic nitrogens is 1. The van der Waals surface area contributed by atoms with Crippen molar-refractivity contribution < 1.29 is 19.1 Å². The molecule has 0 fully saturated rings. The summed E-state index contributed by atoms with van der Waals surface area (Å²) >= 11 is 1.01. The van der Waals surface area contributed by atoms with Gasteiger partial charge in [-0.1, -0.05) is 35.6 Å². The highest BCUT2D eigenvalue weighted by Crippen LogP contribution is 2.14. The minimum Gasteiger partial charge on any atom is -0.456 e. The second-order valence-electron chi connectivity index (χ2n) is 5.86. The van der Waals surface area contributed by atoms with E-state index in [1.165, 1.54) is 11.5 Å². The van der Waals surface area contributed by atoms with Crippen LogP contribution in [0.15, 0.2) is 34.4 Å². The third-order valence-electron chi connectivity index (χ3n) is 3.78. The molecule has 7 nitrogen and oxygen atoms in total. The molecule has 0 spiro atoms. The van der Waals surface area contributed by atoms with Gasteiger partial charge in [0.2, 0.25) is 5.91 Å². The molecule has 1 heterocycles. The summed E-state index contributed by atoms with van der Waals surface area (Å²) in [5.74, 6) is -1.12. The third-order valence-corrected chi connectivity index (χ3v) is 4.66. The van der Waals surface area contributed by atoms with Gasteiger partial charge in [0.05, 0.1) is 6.04 Å². The topological polar surface area (TPSA) is 94.5 Å². The fourth-order valence-electron chi connectivity index (χ4n) is 2.35. The number of benzene rings is 1. The van der Waals surface area contributed by atoms with Crippen molar-refractivity contribution >= 4 is 29.0 Å². The first kappa shape index (κ1) is 19.6. The molecular weight excluding hydrogens is 356 g/mol. The van der Waals surface area contributed by atoms with E-state index in [0.29, 0.717) is 11.3 Å². The molecule has 0 aliphatic heterocycles. The van der Waals surface area contributed by atoms with Crippen molar-refractivity contribution in [1.82, 2.24) is 9.88 Å². The highest BCUT2D eigenvalue weighted by molar-refractivity contribution is 7.07. The Hall–Kier alpha value is -2.74. The van der Waals surface area contributed by atoms with Gasteiger partial charge in [-0.2, -0.15) is 0 Å². The molecule has 0 saturated carbocycles. The Bertz CT molecular complexity index is 866. The number of ether oxygens (including phenoxy) is 1. The Kier molecular flexibility index (Phi) is 6.46. The van der Waals surface area contributed by atoms with Crippen molar-refractivity contribution in [2.24, 2.45) is 0 Å². The van der Waals surface area contributed by atoms with Gasteiger partial charge in [0.15, 0.2) is 12.4 Å². The molecule has 0 aliphatic carbocycles. The van der Waals surface area contributed by atoms with E-state index < -0.39 is 12.6 Å². The molecule has 1 N–H and O–H groups in total. The zero-order chi connectivity index (χ0) is 19.3. The summed E-state index contributed by atoms with van der Waals surface area (Å²) in [6.45, 7) is 4.40. The fraction of sp³-hybridized carbons (Fsp3) is 0.333. The molecule has 2 rings (SSSR count). The largest absolute Gasteiger partial charge is 0.456 e. The minimum absolute atomic E-state index is 0.135. The molecule has 0 radical (unpaired) electrons. The number of hydrogen-bond acceptors (Lipinski definition) is 6. The van der Waals surface area contributed by atoms with Crippen LogP contribution < -0.4 is 10.2 Å². The quantitative estimate of drug-likeness (QED) is 0.588. The van der Waals surface area contributed by atoms with Crippen molar-refractivity contribution in [3.8, 4) is 0 Å². The van der Waals surface area contributed by atoms with Gasteiger partial charge >= 0.3 is 10.8 Å². The molecule has 0 unspecified atom stereocenters. The molecule has 0 bridgehead atoms. The lowest BCUT2D eigenvalue weighted by Gasteiger charge is -2.13. The van der Waals surface area contributed by atoms with E-state index in [1.54, 1.807) is 36.6 Å². The number of ketones is 1. The Balaban J connectivity index is 1.90. The first-order chi connectivity index (χ1) is 12.3. The molecule has 0 saturated heterocycles. The van der Waals surface area contributed by atoms with Crippen LogP contribution in [0.5, 0.6) is 0 Å². The number of carbonyl (C=O) groups excluding carboxylic acids is 3. The summed E-state index contributed by atoms with van der Waals surface area (Å²) in [6.07, 6.45) is 0. The van der Waals surface area contributed by atoms with Gasteiger partial charge in [-0.25, -0.2) is 0 Å². The van der Waals surface area contributed by atoms with Crippen LogP contribution in [0.2, 0.25) is 0 Å². The number of thiazole rings is 1. The highest BCUT2D eigenvalue weighted by atomic mass is 32.1. The van der Waals surface area contributed by atoms with Gasteiger partial charge < -0.3 is 10.1 Å².